The summed E-state index contributed by atoms with van der Waals surface area (Å²) in [5, 5.41) is 14.7. The fourth-order valence-corrected chi connectivity index (χ4v) is 4.02. The van der Waals surface area contributed by atoms with E-state index in [1.54, 1.807) is 30.3 Å². The summed E-state index contributed by atoms with van der Waals surface area (Å²) in [5.41, 5.74) is 2.53. The highest BCUT2D eigenvalue weighted by Gasteiger charge is 2.12. The fraction of sp³-hybridized carbons (Fsp3) is 0.0800. The van der Waals surface area contributed by atoms with Crippen molar-refractivity contribution in [3.8, 4) is 0 Å². The molecule has 0 fully saturated rings. The molecule has 1 heterocycles. The van der Waals surface area contributed by atoms with Crippen molar-refractivity contribution in [2.75, 3.05) is 0 Å². The Hall–Kier alpha value is -4.28. The largest absolute Gasteiger partial charge is 0.478 e. The Balaban J connectivity index is 1.51. The number of benzene rings is 3. The number of aromatic nitrogens is 1. The number of aromatic amines is 1. The van der Waals surface area contributed by atoms with Gasteiger partial charge < -0.3 is 14.8 Å². The van der Waals surface area contributed by atoms with Gasteiger partial charge in [-0.15, -0.1) is 0 Å². The maximum atomic E-state index is 12.6. The van der Waals surface area contributed by atoms with Gasteiger partial charge in [-0.2, -0.15) is 0 Å². The summed E-state index contributed by atoms with van der Waals surface area (Å²) in [6.07, 6.45) is 0.286. The highest BCUT2D eigenvalue weighted by molar-refractivity contribution is 7.89. The number of fused-ring (bicyclic) bond motifs is 1. The molecule has 0 saturated heterocycles. The molecule has 3 aromatic carbocycles. The quantitative estimate of drug-likeness (QED) is 0.335. The number of nitrogens with one attached hydrogen (secondary N) is 1. The Bertz CT molecular complexity index is 1590. The number of carboxylic acids is 1. The van der Waals surface area contributed by atoms with Crippen molar-refractivity contribution in [1.82, 2.24) is 4.98 Å². The number of sulfonamides is 1. The Morgan fingerprint density at radius 1 is 0.886 bits per heavy atom. The van der Waals surface area contributed by atoms with Crippen molar-refractivity contribution in [2.45, 2.75) is 17.9 Å². The van der Waals surface area contributed by atoms with E-state index in [0.717, 1.165) is 5.56 Å². The number of pyridine rings is 1. The number of aromatic carboxylic acids is 1. The minimum atomic E-state index is -3.80. The van der Waals surface area contributed by atoms with E-state index in [9.17, 15) is 22.8 Å². The van der Waals surface area contributed by atoms with Gasteiger partial charge in [0.2, 0.25) is 10.0 Å². The molecule has 4 N–H and O–H groups in total. The normalized spacial score (nSPS) is 11.3. The molecule has 0 unspecified atom stereocenters. The van der Waals surface area contributed by atoms with Crippen LogP contribution in [0.2, 0.25) is 0 Å². The van der Waals surface area contributed by atoms with E-state index in [1.807, 2.05) is 0 Å². The van der Waals surface area contributed by atoms with E-state index in [4.69, 9.17) is 15.0 Å². The number of ether oxygens (including phenoxy) is 1. The maximum Gasteiger partial charge on any atom is 0.338 e. The lowest BCUT2D eigenvalue weighted by atomic mass is 10.0. The second-order valence-corrected chi connectivity index (χ2v) is 9.43. The van der Waals surface area contributed by atoms with E-state index in [2.05, 4.69) is 4.98 Å². The van der Waals surface area contributed by atoms with E-state index >= 15 is 0 Å². The number of carboxylic acid groups (broad SMARTS) is 1. The van der Waals surface area contributed by atoms with Crippen LogP contribution < -0.4 is 10.7 Å². The zero-order valence-corrected chi connectivity index (χ0v) is 19.0. The summed E-state index contributed by atoms with van der Waals surface area (Å²) < 4.78 is 28.0. The summed E-state index contributed by atoms with van der Waals surface area (Å²) in [6, 6.07) is 18.4. The minimum Gasteiger partial charge on any atom is -0.478 e. The van der Waals surface area contributed by atoms with Crippen LogP contribution in [-0.4, -0.2) is 30.4 Å². The molecule has 0 atom stereocenters. The summed E-state index contributed by atoms with van der Waals surface area (Å²) in [6.45, 7) is -0.0645. The first kappa shape index (κ1) is 23.9. The topological polar surface area (TPSA) is 157 Å². The molecule has 4 rings (SSSR count). The van der Waals surface area contributed by atoms with Crippen LogP contribution in [0.1, 0.15) is 37.4 Å². The molecule has 0 spiro atoms. The molecular weight excluding hydrogens is 472 g/mol. The number of carbonyl (C=O) groups is 2. The average molecular weight is 493 g/mol. The first-order valence-electron chi connectivity index (χ1n) is 10.4. The predicted octanol–water partition coefficient (Wildman–Crippen LogP) is 2.82. The molecule has 9 nitrogen and oxygen atoms in total. The second-order valence-electron chi connectivity index (χ2n) is 7.87. The van der Waals surface area contributed by atoms with Gasteiger partial charge in [-0.25, -0.2) is 23.1 Å². The van der Waals surface area contributed by atoms with Crippen LogP contribution in [0.15, 0.2) is 82.5 Å². The third-order valence-electron chi connectivity index (χ3n) is 5.37. The van der Waals surface area contributed by atoms with Crippen molar-refractivity contribution < 1.29 is 27.9 Å². The number of nitrogens with two attached hydrogens (primary N) is 1. The molecule has 4 aromatic rings. The van der Waals surface area contributed by atoms with Crippen molar-refractivity contribution in [3.05, 3.63) is 111 Å². The Labute approximate surface area is 199 Å². The zero-order chi connectivity index (χ0) is 25.2. The van der Waals surface area contributed by atoms with Crippen molar-refractivity contribution in [2.24, 2.45) is 5.14 Å². The van der Waals surface area contributed by atoms with Gasteiger partial charge >= 0.3 is 11.9 Å². The molecule has 0 aliphatic carbocycles. The Kier molecular flexibility index (Phi) is 6.50. The summed E-state index contributed by atoms with van der Waals surface area (Å²) in [4.78, 5) is 38.8. The van der Waals surface area contributed by atoms with E-state index < -0.39 is 22.0 Å². The number of rotatable bonds is 7. The van der Waals surface area contributed by atoms with Crippen LogP contribution in [0.3, 0.4) is 0 Å². The molecule has 178 valence electrons. The van der Waals surface area contributed by atoms with Gasteiger partial charge in [-0.3, -0.25) is 4.79 Å². The predicted molar refractivity (Wildman–Crippen MR) is 128 cm³/mol. The fourth-order valence-electron chi connectivity index (χ4n) is 3.50. The summed E-state index contributed by atoms with van der Waals surface area (Å²) in [7, 11) is -3.80. The van der Waals surface area contributed by atoms with Crippen LogP contribution in [-0.2, 0) is 27.8 Å². The monoisotopic (exact) mass is 492 g/mol. The molecule has 0 saturated carbocycles. The second kappa shape index (κ2) is 9.53. The lowest BCUT2D eigenvalue weighted by Gasteiger charge is -2.08. The van der Waals surface area contributed by atoms with Crippen molar-refractivity contribution in [3.63, 3.8) is 0 Å². The highest BCUT2D eigenvalue weighted by Crippen LogP contribution is 2.18. The minimum absolute atomic E-state index is 0.0373. The molecule has 1 aromatic heterocycles. The Morgan fingerprint density at radius 2 is 1.51 bits per heavy atom. The molecule has 0 bridgehead atoms. The number of carbonyl (C=O) groups excluding carboxylic acids is 1. The Morgan fingerprint density at radius 3 is 2.14 bits per heavy atom. The first-order chi connectivity index (χ1) is 16.6. The van der Waals surface area contributed by atoms with Crippen molar-refractivity contribution >= 4 is 32.9 Å². The lowest BCUT2D eigenvalue weighted by Crippen LogP contribution is -2.13. The van der Waals surface area contributed by atoms with Crippen LogP contribution in [0.4, 0.5) is 0 Å². The van der Waals surface area contributed by atoms with E-state index in [-0.39, 0.29) is 34.6 Å². The van der Waals surface area contributed by atoms with Crippen LogP contribution in [0, 0.1) is 0 Å². The average Bonchev–Trinajstić information content (AvgIpc) is 2.83. The summed E-state index contributed by atoms with van der Waals surface area (Å²) in [5.74, 6) is -1.61. The van der Waals surface area contributed by atoms with E-state index in [1.165, 1.54) is 42.5 Å². The molecule has 10 heteroatoms. The van der Waals surface area contributed by atoms with Gasteiger partial charge in [0.25, 0.3) is 5.56 Å². The third kappa shape index (κ3) is 5.62. The first-order valence-corrected chi connectivity index (χ1v) is 11.9. The number of primary sulfonamides is 1. The lowest BCUT2D eigenvalue weighted by molar-refractivity contribution is 0.0472. The molecule has 0 amide bonds. The molecular formula is C25H20N2O7S. The maximum absolute atomic E-state index is 12.6. The van der Waals surface area contributed by atoms with Gasteiger partial charge in [0, 0.05) is 17.5 Å². The molecule has 0 radical (unpaired) electrons. The molecule has 0 aliphatic rings. The van der Waals surface area contributed by atoms with Crippen LogP contribution in [0.5, 0.6) is 0 Å². The smallest absolute Gasteiger partial charge is 0.338 e. The standard InChI is InChI=1S/C25H20N2O7S/c26-35(32,33)21-8-3-16(4-9-21)14-34-25(31)18-7-10-22-19(12-18)13-20(23(28)27-22)11-15-1-5-17(6-2-15)24(29)30/h1-10,12-13H,11,14H2,(H,27,28)(H,29,30)(H2,26,32,33). The highest BCUT2D eigenvalue weighted by atomic mass is 32.2. The SMILES string of the molecule is NS(=O)(=O)c1ccc(COC(=O)c2ccc3[nH]c(=O)c(Cc4ccc(C(=O)O)cc4)cc3c2)cc1. The zero-order valence-electron chi connectivity index (χ0n) is 18.2. The number of hydrogen-bond donors (Lipinski definition) is 3. The van der Waals surface area contributed by atoms with Crippen LogP contribution in [0.25, 0.3) is 10.9 Å². The van der Waals surface area contributed by atoms with Crippen LogP contribution >= 0.6 is 0 Å². The van der Waals surface area contributed by atoms with Gasteiger partial charge in [-0.05, 0) is 65.0 Å². The molecule has 0 aliphatic heterocycles. The van der Waals surface area contributed by atoms with E-state index in [0.29, 0.717) is 22.0 Å². The molecule has 35 heavy (non-hydrogen) atoms. The van der Waals surface area contributed by atoms with Gasteiger partial charge in [0.1, 0.15) is 6.61 Å². The van der Waals surface area contributed by atoms with Crippen molar-refractivity contribution in [1.29, 1.82) is 0 Å². The summed E-state index contributed by atoms with van der Waals surface area (Å²) >= 11 is 0. The number of H-pyrrole nitrogens is 1. The van der Waals surface area contributed by atoms with Gasteiger partial charge in [0.05, 0.1) is 16.0 Å². The third-order valence-corrected chi connectivity index (χ3v) is 6.30. The number of hydrogen-bond acceptors (Lipinski definition) is 6. The van der Waals surface area contributed by atoms with Gasteiger partial charge in [-0.1, -0.05) is 24.3 Å². The number of esters is 1. The van der Waals surface area contributed by atoms with Gasteiger partial charge in [0.15, 0.2) is 0 Å².